The molecule has 0 saturated heterocycles. The Bertz CT molecular complexity index is 729. The molecule has 0 aliphatic rings. The van der Waals surface area contributed by atoms with Gasteiger partial charge in [-0.1, -0.05) is 169 Å². The lowest BCUT2D eigenvalue weighted by atomic mass is 9.79. The SMILES string of the molecule is CCCCCCCCCCCCSCc1cc(CSCCCCCCCCCCCC)c(O)c(C(C)(C)CCC)c1. The van der Waals surface area contributed by atoms with Crippen molar-refractivity contribution in [2.24, 2.45) is 0 Å². The third-order valence-electron chi connectivity index (χ3n) is 8.66. The molecule has 1 rings (SSSR count). The molecule has 41 heavy (non-hydrogen) atoms. The third-order valence-corrected chi connectivity index (χ3v) is 10.9. The van der Waals surface area contributed by atoms with Crippen LogP contribution in [0.5, 0.6) is 5.75 Å². The van der Waals surface area contributed by atoms with Crippen LogP contribution in [0.4, 0.5) is 0 Å². The van der Waals surface area contributed by atoms with Crippen molar-refractivity contribution in [3.8, 4) is 5.75 Å². The highest BCUT2D eigenvalue weighted by Gasteiger charge is 2.25. The molecule has 0 fully saturated rings. The maximum absolute atomic E-state index is 11.3. The van der Waals surface area contributed by atoms with Gasteiger partial charge in [0.15, 0.2) is 0 Å². The smallest absolute Gasteiger partial charge is 0.123 e. The molecular weight excluding hydrogens is 537 g/mol. The molecule has 1 aromatic carbocycles. The third kappa shape index (κ3) is 19.6. The fourth-order valence-corrected chi connectivity index (χ4v) is 7.93. The van der Waals surface area contributed by atoms with Crippen LogP contribution in [0.2, 0.25) is 0 Å². The van der Waals surface area contributed by atoms with Crippen molar-refractivity contribution in [2.45, 2.75) is 193 Å². The first-order valence-corrected chi connectivity index (χ1v) is 20.3. The molecule has 0 atom stereocenters. The Morgan fingerprint density at radius 3 is 1.39 bits per heavy atom. The minimum Gasteiger partial charge on any atom is -0.507 e. The van der Waals surface area contributed by atoms with E-state index in [9.17, 15) is 5.11 Å². The van der Waals surface area contributed by atoms with E-state index in [4.69, 9.17) is 0 Å². The van der Waals surface area contributed by atoms with Gasteiger partial charge >= 0.3 is 0 Å². The van der Waals surface area contributed by atoms with Crippen molar-refractivity contribution < 1.29 is 5.11 Å². The summed E-state index contributed by atoms with van der Waals surface area (Å²) >= 11 is 4.11. The van der Waals surface area contributed by atoms with E-state index >= 15 is 0 Å². The summed E-state index contributed by atoms with van der Waals surface area (Å²) in [5.41, 5.74) is 3.77. The van der Waals surface area contributed by atoms with Crippen molar-refractivity contribution >= 4 is 23.5 Å². The standard InChI is InChI=1S/C38H70OS2/c1-6-9-11-13-15-17-19-21-23-25-28-40-32-34-30-35(37(39)36(31-34)38(4,5)27-8-3)33-41-29-26-24-22-20-18-16-14-12-10-7-2/h30-31,39H,6-29,32-33H2,1-5H3. The van der Waals surface area contributed by atoms with Gasteiger partial charge in [-0.25, -0.2) is 0 Å². The second-order valence-electron chi connectivity index (χ2n) is 13.3. The minimum atomic E-state index is 0.0198. The molecule has 240 valence electrons. The molecule has 0 bridgehead atoms. The molecular formula is C38H70OS2. The average Bonchev–Trinajstić information content (AvgIpc) is 2.95. The number of unbranched alkanes of at least 4 members (excludes halogenated alkanes) is 18. The monoisotopic (exact) mass is 606 g/mol. The first-order chi connectivity index (χ1) is 20.0. The summed E-state index contributed by atoms with van der Waals surface area (Å²) in [5.74, 6) is 5.05. The molecule has 1 nitrogen and oxygen atoms in total. The average molecular weight is 607 g/mol. The van der Waals surface area contributed by atoms with E-state index in [0.717, 1.165) is 24.3 Å². The molecule has 1 aromatic rings. The molecule has 0 heterocycles. The van der Waals surface area contributed by atoms with Crippen molar-refractivity contribution in [1.82, 2.24) is 0 Å². The molecule has 0 aromatic heterocycles. The quantitative estimate of drug-likeness (QED) is 0.0916. The van der Waals surface area contributed by atoms with Crippen LogP contribution in [-0.4, -0.2) is 16.6 Å². The Hall–Kier alpha value is -0.280. The molecule has 0 unspecified atom stereocenters. The zero-order valence-electron chi connectivity index (χ0n) is 28.3. The van der Waals surface area contributed by atoms with Gasteiger partial charge in [-0.2, -0.15) is 23.5 Å². The second-order valence-corrected chi connectivity index (χ2v) is 15.5. The van der Waals surface area contributed by atoms with E-state index in [-0.39, 0.29) is 5.41 Å². The zero-order chi connectivity index (χ0) is 30.0. The predicted octanol–water partition coefficient (Wildman–Crippen LogP) is 13.8. The lowest BCUT2D eigenvalue weighted by Crippen LogP contribution is -2.18. The summed E-state index contributed by atoms with van der Waals surface area (Å²) in [6, 6.07) is 4.64. The number of phenols is 1. The van der Waals surface area contributed by atoms with E-state index in [1.807, 2.05) is 11.8 Å². The molecule has 0 aliphatic carbocycles. The highest BCUT2D eigenvalue weighted by atomic mass is 32.2. The lowest BCUT2D eigenvalue weighted by molar-refractivity contribution is 0.414. The van der Waals surface area contributed by atoms with Gasteiger partial charge in [-0.3, -0.25) is 0 Å². The second kappa shape index (κ2) is 26.2. The van der Waals surface area contributed by atoms with Crippen LogP contribution in [0.25, 0.3) is 0 Å². The molecule has 0 radical (unpaired) electrons. The van der Waals surface area contributed by atoms with Crippen LogP contribution >= 0.6 is 23.5 Å². The Balaban J connectivity index is 2.41. The van der Waals surface area contributed by atoms with E-state index < -0.39 is 0 Å². The van der Waals surface area contributed by atoms with Crippen LogP contribution < -0.4 is 0 Å². The van der Waals surface area contributed by atoms with Gasteiger partial charge in [-0.05, 0) is 41.7 Å². The molecule has 0 saturated carbocycles. The van der Waals surface area contributed by atoms with E-state index in [2.05, 4.69) is 58.5 Å². The van der Waals surface area contributed by atoms with Crippen LogP contribution in [0.3, 0.4) is 0 Å². The van der Waals surface area contributed by atoms with Gasteiger partial charge in [0.25, 0.3) is 0 Å². The van der Waals surface area contributed by atoms with Gasteiger partial charge in [0.1, 0.15) is 5.75 Å². The lowest BCUT2D eigenvalue weighted by Gasteiger charge is -2.27. The Morgan fingerprint density at radius 1 is 0.537 bits per heavy atom. The first-order valence-electron chi connectivity index (χ1n) is 18.0. The van der Waals surface area contributed by atoms with Crippen LogP contribution in [0, 0.1) is 0 Å². The number of aromatic hydroxyl groups is 1. The van der Waals surface area contributed by atoms with Crippen LogP contribution in [-0.2, 0) is 16.9 Å². The van der Waals surface area contributed by atoms with Crippen molar-refractivity contribution in [1.29, 1.82) is 0 Å². The topological polar surface area (TPSA) is 20.2 Å². The fourth-order valence-electron chi connectivity index (χ4n) is 5.98. The van der Waals surface area contributed by atoms with Crippen LogP contribution in [0.1, 0.15) is 193 Å². The highest BCUT2D eigenvalue weighted by Crippen LogP contribution is 2.39. The molecule has 0 aliphatic heterocycles. The molecule has 0 amide bonds. The predicted molar refractivity (Wildman–Crippen MR) is 192 cm³/mol. The minimum absolute atomic E-state index is 0.0198. The number of rotatable bonds is 29. The Kier molecular flexibility index (Phi) is 24.7. The first kappa shape index (κ1) is 38.7. The summed E-state index contributed by atoms with van der Waals surface area (Å²) in [4.78, 5) is 0. The van der Waals surface area contributed by atoms with Crippen LogP contribution in [0.15, 0.2) is 12.1 Å². The fraction of sp³-hybridized carbons (Fsp3) is 0.842. The number of hydrogen-bond donors (Lipinski definition) is 1. The number of phenolic OH excluding ortho intramolecular Hbond substituents is 1. The maximum atomic E-state index is 11.3. The Morgan fingerprint density at radius 2 is 0.951 bits per heavy atom. The summed E-state index contributed by atoms with van der Waals surface area (Å²) in [6.07, 6.45) is 30.2. The number of thioether (sulfide) groups is 2. The van der Waals surface area contributed by atoms with Gasteiger partial charge < -0.3 is 5.11 Å². The van der Waals surface area contributed by atoms with Gasteiger partial charge in [-0.15, -0.1) is 0 Å². The normalized spacial score (nSPS) is 11.9. The zero-order valence-corrected chi connectivity index (χ0v) is 29.9. The highest BCUT2D eigenvalue weighted by molar-refractivity contribution is 7.98. The molecule has 0 spiro atoms. The Labute approximate surface area is 266 Å². The molecule has 1 N–H and O–H groups in total. The van der Waals surface area contributed by atoms with E-state index in [0.29, 0.717) is 5.75 Å². The van der Waals surface area contributed by atoms with Crippen molar-refractivity contribution in [3.63, 3.8) is 0 Å². The van der Waals surface area contributed by atoms with Crippen molar-refractivity contribution in [3.05, 3.63) is 28.8 Å². The number of hydrogen-bond acceptors (Lipinski definition) is 3. The van der Waals surface area contributed by atoms with Gasteiger partial charge in [0.2, 0.25) is 0 Å². The van der Waals surface area contributed by atoms with Gasteiger partial charge in [0, 0.05) is 22.6 Å². The molecule has 3 heteroatoms. The summed E-state index contributed by atoms with van der Waals surface area (Å²) < 4.78 is 0. The van der Waals surface area contributed by atoms with E-state index in [1.54, 1.807) is 0 Å². The van der Waals surface area contributed by atoms with Gasteiger partial charge in [0.05, 0.1) is 0 Å². The van der Waals surface area contributed by atoms with E-state index in [1.165, 1.54) is 157 Å². The summed E-state index contributed by atoms with van der Waals surface area (Å²) in [6.45, 7) is 11.5. The maximum Gasteiger partial charge on any atom is 0.123 e. The van der Waals surface area contributed by atoms with Crippen molar-refractivity contribution in [2.75, 3.05) is 11.5 Å². The largest absolute Gasteiger partial charge is 0.507 e. The summed E-state index contributed by atoms with van der Waals surface area (Å²) in [5, 5.41) is 11.3. The summed E-state index contributed by atoms with van der Waals surface area (Å²) in [7, 11) is 0. The number of benzene rings is 1.